The predicted octanol–water partition coefficient (Wildman–Crippen LogP) is 2.86. The molecule has 0 aromatic carbocycles. The van der Waals surface area contributed by atoms with Crippen LogP contribution in [0.1, 0.15) is 42.3 Å². The van der Waals surface area contributed by atoms with E-state index in [1.165, 1.54) is 37.0 Å². The van der Waals surface area contributed by atoms with E-state index < -0.39 is 0 Å². The number of thiophene rings is 1. The van der Waals surface area contributed by atoms with Crippen LogP contribution >= 0.6 is 11.3 Å². The first-order valence-corrected chi connectivity index (χ1v) is 6.85. The standard InChI is InChI=1S/C12H18N2O2S/c1-2-16-12(15)11-9(13)7-10(17-11)14-8-5-3-4-6-8/h7-8,14H,2-6,13H2,1H3. The number of esters is 1. The minimum atomic E-state index is -0.325. The maximum absolute atomic E-state index is 11.6. The molecule has 1 saturated carbocycles. The Hall–Kier alpha value is -1.23. The smallest absolute Gasteiger partial charge is 0.350 e. The topological polar surface area (TPSA) is 64.3 Å². The van der Waals surface area contributed by atoms with Gasteiger partial charge in [0.1, 0.15) is 4.88 Å². The minimum absolute atomic E-state index is 0.325. The van der Waals surface area contributed by atoms with Crippen LogP contribution in [0.5, 0.6) is 0 Å². The molecule has 0 unspecified atom stereocenters. The van der Waals surface area contributed by atoms with Crippen LogP contribution in [0, 0.1) is 0 Å². The lowest BCUT2D eigenvalue weighted by Crippen LogP contribution is -2.13. The average molecular weight is 254 g/mol. The summed E-state index contributed by atoms with van der Waals surface area (Å²) in [6, 6.07) is 2.36. The number of ether oxygens (including phenoxy) is 1. The molecular formula is C12H18N2O2S. The van der Waals surface area contributed by atoms with Crippen molar-refractivity contribution in [3.05, 3.63) is 10.9 Å². The van der Waals surface area contributed by atoms with Gasteiger partial charge in [-0.2, -0.15) is 0 Å². The summed E-state index contributed by atoms with van der Waals surface area (Å²) in [6.07, 6.45) is 4.96. The van der Waals surface area contributed by atoms with Crippen molar-refractivity contribution in [2.24, 2.45) is 0 Å². The summed E-state index contributed by atoms with van der Waals surface area (Å²) in [6.45, 7) is 2.17. The van der Waals surface area contributed by atoms with Crippen molar-refractivity contribution >= 4 is 28.0 Å². The van der Waals surface area contributed by atoms with Crippen molar-refractivity contribution in [2.75, 3.05) is 17.7 Å². The van der Waals surface area contributed by atoms with Gasteiger partial charge in [0.05, 0.1) is 17.3 Å². The number of carbonyl (C=O) groups excluding carboxylic acids is 1. The summed E-state index contributed by atoms with van der Waals surface area (Å²) in [5.41, 5.74) is 6.32. The second-order valence-corrected chi connectivity index (χ2v) is 5.29. The van der Waals surface area contributed by atoms with Crippen LogP contribution in [0.4, 0.5) is 10.7 Å². The Morgan fingerprint density at radius 2 is 2.29 bits per heavy atom. The van der Waals surface area contributed by atoms with E-state index in [0.717, 1.165) is 5.00 Å². The van der Waals surface area contributed by atoms with Gasteiger partial charge >= 0.3 is 5.97 Å². The van der Waals surface area contributed by atoms with Gasteiger partial charge in [-0.05, 0) is 25.8 Å². The molecule has 17 heavy (non-hydrogen) atoms. The molecule has 1 aliphatic rings. The zero-order valence-corrected chi connectivity index (χ0v) is 10.8. The Balaban J connectivity index is 2.04. The Morgan fingerprint density at radius 1 is 1.59 bits per heavy atom. The van der Waals surface area contributed by atoms with Crippen molar-refractivity contribution < 1.29 is 9.53 Å². The van der Waals surface area contributed by atoms with Crippen molar-refractivity contribution in [1.82, 2.24) is 0 Å². The van der Waals surface area contributed by atoms with Crippen LogP contribution in [0.15, 0.2) is 6.07 Å². The van der Waals surface area contributed by atoms with Gasteiger partial charge in [-0.15, -0.1) is 11.3 Å². The highest BCUT2D eigenvalue weighted by molar-refractivity contribution is 7.18. The van der Waals surface area contributed by atoms with Crippen molar-refractivity contribution in [3.63, 3.8) is 0 Å². The summed E-state index contributed by atoms with van der Waals surface area (Å²) in [5.74, 6) is -0.325. The van der Waals surface area contributed by atoms with Crippen LogP contribution in [0.25, 0.3) is 0 Å². The van der Waals surface area contributed by atoms with Crippen LogP contribution in [-0.4, -0.2) is 18.6 Å². The number of anilines is 2. The van der Waals surface area contributed by atoms with E-state index in [1.54, 1.807) is 6.92 Å². The zero-order valence-electron chi connectivity index (χ0n) is 9.99. The van der Waals surface area contributed by atoms with Gasteiger partial charge in [0.25, 0.3) is 0 Å². The molecule has 2 rings (SSSR count). The molecule has 0 spiro atoms. The van der Waals surface area contributed by atoms with Gasteiger partial charge in [-0.25, -0.2) is 4.79 Å². The minimum Gasteiger partial charge on any atom is -0.462 e. The maximum Gasteiger partial charge on any atom is 0.350 e. The van der Waals surface area contributed by atoms with Gasteiger partial charge in [0.2, 0.25) is 0 Å². The van der Waals surface area contributed by atoms with Gasteiger partial charge in [-0.3, -0.25) is 0 Å². The molecule has 0 bridgehead atoms. The van der Waals surface area contributed by atoms with Crippen LogP contribution in [-0.2, 0) is 4.74 Å². The van der Waals surface area contributed by atoms with Gasteiger partial charge in [0, 0.05) is 6.04 Å². The third-order valence-electron chi connectivity index (χ3n) is 2.92. The van der Waals surface area contributed by atoms with Crippen molar-refractivity contribution in [2.45, 2.75) is 38.6 Å². The molecule has 0 saturated heterocycles. The highest BCUT2D eigenvalue weighted by Gasteiger charge is 2.19. The number of nitrogen functional groups attached to an aromatic ring is 1. The van der Waals surface area contributed by atoms with Crippen LogP contribution in [0.3, 0.4) is 0 Å². The number of nitrogens with two attached hydrogens (primary N) is 1. The normalized spacial score (nSPS) is 16.1. The Kier molecular flexibility index (Phi) is 3.89. The summed E-state index contributed by atoms with van der Waals surface area (Å²) < 4.78 is 4.96. The van der Waals surface area contributed by atoms with E-state index in [-0.39, 0.29) is 5.97 Å². The van der Waals surface area contributed by atoms with E-state index in [9.17, 15) is 4.79 Å². The van der Waals surface area contributed by atoms with Gasteiger partial charge in [-0.1, -0.05) is 12.8 Å². The number of hydrogen-bond acceptors (Lipinski definition) is 5. The number of rotatable bonds is 4. The Bertz CT molecular complexity index is 397. The molecular weight excluding hydrogens is 236 g/mol. The molecule has 3 N–H and O–H groups in total. The first-order valence-electron chi connectivity index (χ1n) is 6.03. The second-order valence-electron chi connectivity index (χ2n) is 4.24. The van der Waals surface area contributed by atoms with E-state index in [1.807, 2.05) is 6.07 Å². The molecule has 0 amide bonds. The zero-order chi connectivity index (χ0) is 12.3. The van der Waals surface area contributed by atoms with E-state index in [4.69, 9.17) is 10.5 Å². The predicted molar refractivity (Wildman–Crippen MR) is 70.6 cm³/mol. The highest BCUT2D eigenvalue weighted by atomic mass is 32.1. The number of nitrogens with one attached hydrogen (secondary N) is 1. The number of carbonyl (C=O) groups is 1. The second kappa shape index (κ2) is 5.40. The summed E-state index contributed by atoms with van der Waals surface area (Å²) in [5, 5.41) is 4.40. The van der Waals surface area contributed by atoms with Gasteiger partial charge < -0.3 is 15.8 Å². The fourth-order valence-corrected chi connectivity index (χ4v) is 3.05. The van der Waals surface area contributed by atoms with E-state index >= 15 is 0 Å². The number of hydrogen-bond donors (Lipinski definition) is 2. The fourth-order valence-electron chi connectivity index (χ4n) is 2.10. The van der Waals surface area contributed by atoms with Gasteiger partial charge in [0.15, 0.2) is 0 Å². The molecule has 5 heteroatoms. The molecule has 1 aliphatic carbocycles. The van der Waals surface area contributed by atoms with Crippen molar-refractivity contribution in [3.8, 4) is 0 Å². The first-order chi connectivity index (χ1) is 8.20. The van der Waals surface area contributed by atoms with Crippen LogP contribution < -0.4 is 11.1 Å². The molecule has 0 aliphatic heterocycles. The summed E-state index contributed by atoms with van der Waals surface area (Å²) in [7, 11) is 0. The fraction of sp³-hybridized carbons (Fsp3) is 0.583. The molecule has 1 aromatic rings. The third kappa shape index (κ3) is 2.91. The maximum atomic E-state index is 11.6. The summed E-state index contributed by atoms with van der Waals surface area (Å²) in [4.78, 5) is 12.1. The molecule has 0 radical (unpaired) electrons. The van der Waals surface area contributed by atoms with Crippen molar-refractivity contribution in [1.29, 1.82) is 0 Å². The third-order valence-corrected chi connectivity index (χ3v) is 3.99. The van der Waals surface area contributed by atoms with E-state index in [0.29, 0.717) is 23.2 Å². The quantitative estimate of drug-likeness (QED) is 0.811. The molecule has 1 aromatic heterocycles. The first kappa shape index (κ1) is 12.2. The lowest BCUT2D eigenvalue weighted by Gasteiger charge is -2.10. The average Bonchev–Trinajstić information content (AvgIpc) is 2.89. The molecule has 1 heterocycles. The molecule has 1 fully saturated rings. The Labute approximate surface area is 105 Å². The lowest BCUT2D eigenvalue weighted by atomic mass is 10.2. The Morgan fingerprint density at radius 3 is 2.94 bits per heavy atom. The highest BCUT2D eigenvalue weighted by Crippen LogP contribution is 2.32. The molecule has 0 atom stereocenters. The van der Waals surface area contributed by atoms with Crippen LogP contribution in [0.2, 0.25) is 0 Å². The summed E-state index contributed by atoms with van der Waals surface area (Å²) >= 11 is 1.38. The lowest BCUT2D eigenvalue weighted by molar-refractivity contribution is 0.0533. The largest absolute Gasteiger partial charge is 0.462 e. The van der Waals surface area contributed by atoms with E-state index in [2.05, 4.69) is 5.32 Å². The SMILES string of the molecule is CCOC(=O)c1sc(NC2CCCC2)cc1N. The monoisotopic (exact) mass is 254 g/mol. The molecule has 94 valence electrons. The molecule has 4 nitrogen and oxygen atoms in total.